The number of carbonyl (C=O) groups excluding carboxylic acids is 1. The predicted octanol–water partition coefficient (Wildman–Crippen LogP) is 3.08. The first kappa shape index (κ1) is 14.1. The molecule has 0 saturated heterocycles. The first-order valence-corrected chi connectivity index (χ1v) is 6.29. The molecule has 0 spiro atoms. The number of halogens is 1. The van der Waals surface area contributed by atoms with Crippen molar-refractivity contribution in [3.8, 4) is 0 Å². The van der Waals surface area contributed by atoms with E-state index in [0.717, 1.165) is 6.42 Å². The topological polar surface area (TPSA) is 37.3 Å². The van der Waals surface area contributed by atoms with Crippen molar-refractivity contribution < 1.29 is 9.90 Å². The van der Waals surface area contributed by atoms with Crippen molar-refractivity contribution in [3.63, 3.8) is 0 Å². The molecule has 0 saturated carbocycles. The molecule has 1 N–H and O–H groups in total. The highest BCUT2D eigenvalue weighted by Gasteiger charge is 2.18. The number of Topliss-reactive ketones (excluding diaryl/α,β-unsaturated/α-hetero) is 1. The van der Waals surface area contributed by atoms with Crippen molar-refractivity contribution in [1.82, 2.24) is 0 Å². The van der Waals surface area contributed by atoms with Gasteiger partial charge in [0.05, 0.1) is 6.10 Å². The molecule has 1 atom stereocenters. The van der Waals surface area contributed by atoms with E-state index in [0.29, 0.717) is 24.3 Å². The highest BCUT2D eigenvalue weighted by molar-refractivity contribution is 14.1. The lowest BCUT2D eigenvalue weighted by Crippen LogP contribution is -2.19. The molecule has 0 amide bonds. The molecule has 0 aliphatic heterocycles. The molecule has 0 aromatic rings. The van der Waals surface area contributed by atoms with Crippen LogP contribution in [0.2, 0.25) is 0 Å². The predicted molar refractivity (Wildman–Crippen MR) is 67.5 cm³/mol. The summed E-state index contributed by atoms with van der Waals surface area (Å²) in [7, 11) is 0. The Balaban J connectivity index is 4.34. The number of carbonyl (C=O) groups is 1. The van der Waals surface area contributed by atoms with Crippen molar-refractivity contribution in [2.24, 2.45) is 5.92 Å². The molecular weight excluding hydrogens is 291 g/mol. The van der Waals surface area contributed by atoms with Crippen LogP contribution in [0.3, 0.4) is 0 Å². The van der Waals surface area contributed by atoms with Crippen LogP contribution < -0.4 is 0 Å². The van der Waals surface area contributed by atoms with Crippen molar-refractivity contribution in [3.05, 3.63) is 9.66 Å². The Bertz CT molecular complexity index is 209. The fourth-order valence-electron chi connectivity index (χ4n) is 1.26. The Kier molecular flexibility index (Phi) is 7.45. The molecule has 14 heavy (non-hydrogen) atoms. The molecule has 0 fully saturated rings. The molecule has 0 radical (unpaired) electrons. The van der Waals surface area contributed by atoms with Gasteiger partial charge in [0.15, 0.2) is 5.78 Å². The SMILES string of the molecule is CCCC(=O)/C(=C/I)[C@@H](O)CC(C)C. The second-order valence-corrected chi connectivity index (χ2v) is 4.51. The van der Waals surface area contributed by atoms with Crippen LogP contribution in [0.4, 0.5) is 0 Å². The average Bonchev–Trinajstić information content (AvgIpc) is 2.04. The van der Waals surface area contributed by atoms with Gasteiger partial charge < -0.3 is 5.11 Å². The van der Waals surface area contributed by atoms with E-state index in [-0.39, 0.29) is 5.78 Å². The van der Waals surface area contributed by atoms with E-state index in [1.165, 1.54) is 0 Å². The Labute approximate surface area is 99.9 Å². The van der Waals surface area contributed by atoms with Crippen LogP contribution in [0.15, 0.2) is 9.66 Å². The van der Waals surface area contributed by atoms with Gasteiger partial charge in [0.1, 0.15) is 0 Å². The van der Waals surface area contributed by atoms with E-state index in [1.54, 1.807) is 4.08 Å². The van der Waals surface area contributed by atoms with Crippen molar-refractivity contribution in [2.45, 2.75) is 46.1 Å². The fourth-order valence-corrected chi connectivity index (χ4v) is 2.03. The second-order valence-electron chi connectivity index (χ2n) is 3.88. The highest BCUT2D eigenvalue weighted by Crippen LogP contribution is 2.17. The molecule has 0 aromatic heterocycles. The maximum Gasteiger partial charge on any atom is 0.161 e. The minimum atomic E-state index is -0.592. The number of hydrogen-bond acceptors (Lipinski definition) is 2. The van der Waals surface area contributed by atoms with E-state index in [4.69, 9.17) is 0 Å². The maximum absolute atomic E-state index is 11.6. The van der Waals surface area contributed by atoms with Crippen LogP contribution in [-0.4, -0.2) is 17.0 Å². The normalized spacial score (nSPS) is 14.6. The molecule has 0 rings (SSSR count). The van der Waals surface area contributed by atoms with Gasteiger partial charge in [-0.1, -0.05) is 43.4 Å². The first-order valence-electron chi connectivity index (χ1n) is 5.04. The Morgan fingerprint density at radius 2 is 2.07 bits per heavy atom. The van der Waals surface area contributed by atoms with Gasteiger partial charge in [-0.2, -0.15) is 0 Å². The quantitative estimate of drug-likeness (QED) is 0.605. The summed E-state index contributed by atoms with van der Waals surface area (Å²) in [4.78, 5) is 11.6. The molecule has 0 aliphatic carbocycles. The molecule has 0 heterocycles. The van der Waals surface area contributed by atoms with Crippen LogP contribution in [0.1, 0.15) is 40.0 Å². The molecule has 0 unspecified atom stereocenters. The summed E-state index contributed by atoms with van der Waals surface area (Å²) in [5.74, 6) is 0.487. The summed E-state index contributed by atoms with van der Waals surface area (Å²) in [5.41, 5.74) is 0.571. The Morgan fingerprint density at radius 1 is 1.50 bits per heavy atom. The van der Waals surface area contributed by atoms with Crippen molar-refractivity contribution in [1.29, 1.82) is 0 Å². The average molecular weight is 310 g/mol. The van der Waals surface area contributed by atoms with E-state index in [1.807, 2.05) is 43.4 Å². The van der Waals surface area contributed by atoms with Crippen LogP contribution >= 0.6 is 22.6 Å². The largest absolute Gasteiger partial charge is 0.388 e. The first-order chi connectivity index (χ1) is 6.52. The molecular formula is C11H19IO2. The van der Waals surface area contributed by atoms with Gasteiger partial charge >= 0.3 is 0 Å². The fraction of sp³-hybridized carbons (Fsp3) is 0.727. The number of aliphatic hydroxyl groups is 1. The van der Waals surface area contributed by atoms with Gasteiger partial charge in [-0.05, 0) is 22.8 Å². The van der Waals surface area contributed by atoms with Gasteiger partial charge in [-0.3, -0.25) is 4.79 Å². The lowest BCUT2D eigenvalue weighted by atomic mass is 9.96. The minimum absolute atomic E-state index is 0.0788. The number of hydrogen-bond donors (Lipinski definition) is 1. The Hall–Kier alpha value is 0.1000. The zero-order valence-electron chi connectivity index (χ0n) is 9.09. The van der Waals surface area contributed by atoms with Crippen molar-refractivity contribution in [2.75, 3.05) is 0 Å². The van der Waals surface area contributed by atoms with Crippen LogP contribution in [0.5, 0.6) is 0 Å². The Morgan fingerprint density at radius 3 is 2.43 bits per heavy atom. The number of rotatable bonds is 6. The van der Waals surface area contributed by atoms with Crippen LogP contribution in [-0.2, 0) is 4.79 Å². The third-order valence-electron chi connectivity index (χ3n) is 1.97. The lowest BCUT2D eigenvalue weighted by molar-refractivity contribution is -0.116. The standard InChI is InChI=1S/C11H19IO2/c1-4-5-10(13)9(7-12)11(14)6-8(2)3/h7-8,11,14H,4-6H2,1-3H3/b9-7-/t11-/m0/s1. The zero-order chi connectivity index (χ0) is 11.1. The highest BCUT2D eigenvalue weighted by atomic mass is 127. The third kappa shape index (κ3) is 5.10. The maximum atomic E-state index is 11.6. The summed E-state index contributed by atoms with van der Waals surface area (Å²) >= 11 is 2.02. The molecule has 0 bridgehead atoms. The van der Waals surface area contributed by atoms with E-state index < -0.39 is 6.10 Å². The lowest BCUT2D eigenvalue weighted by Gasteiger charge is -2.15. The minimum Gasteiger partial charge on any atom is -0.388 e. The third-order valence-corrected chi connectivity index (χ3v) is 2.64. The van der Waals surface area contributed by atoms with Gasteiger partial charge in [-0.15, -0.1) is 0 Å². The van der Waals surface area contributed by atoms with Gasteiger partial charge in [0.25, 0.3) is 0 Å². The zero-order valence-corrected chi connectivity index (χ0v) is 11.2. The number of aliphatic hydroxyl groups excluding tert-OH is 1. The smallest absolute Gasteiger partial charge is 0.161 e. The van der Waals surface area contributed by atoms with Crippen molar-refractivity contribution >= 4 is 28.4 Å². The summed E-state index contributed by atoms with van der Waals surface area (Å²) in [6, 6.07) is 0. The summed E-state index contributed by atoms with van der Waals surface area (Å²) in [6.07, 6.45) is 1.43. The summed E-state index contributed by atoms with van der Waals surface area (Å²) < 4.78 is 1.71. The molecule has 0 aliphatic rings. The molecule has 0 aromatic carbocycles. The number of ketones is 1. The molecule has 3 heteroatoms. The van der Waals surface area contributed by atoms with Crippen LogP contribution in [0.25, 0.3) is 0 Å². The monoisotopic (exact) mass is 310 g/mol. The van der Waals surface area contributed by atoms with Gasteiger partial charge in [-0.25, -0.2) is 0 Å². The van der Waals surface area contributed by atoms with Crippen LogP contribution in [0, 0.1) is 5.92 Å². The molecule has 82 valence electrons. The van der Waals surface area contributed by atoms with E-state index in [9.17, 15) is 9.90 Å². The van der Waals surface area contributed by atoms with E-state index in [2.05, 4.69) is 0 Å². The summed E-state index contributed by atoms with van der Waals surface area (Å²) in [5, 5.41) is 9.78. The van der Waals surface area contributed by atoms with Gasteiger partial charge in [0.2, 0.25) is 0 Å². The second kappa shape index (κ2) is 7.40. The van der Waals surface area contributed by atoms with E-state index >= 15 is 0 Å². The van der Waals surface area contributed by atoms with Gasteiger partial charge in [0, 0.05) is 12.0 Å². The molecule has 2 nitrogen and oxygen atoms in total. The summed E-state index contributed by atoms with van der Waals surface area (Å²) in [6.45, 7) is 6.05.